The molecule has 44 valence electrons. The number of Topliss-reactive ketones (excluding diaryl/α,β-unsaturated/α-hetero) is 1. The van der Waals surface area contributed by atoms with E-state index in [1.807, 2.05) is 0 Å². The quantitative estimate of drug-likeness (QED) is 0.534. The zero-order valence-corrected chi connectivity index (χ0v) is 4.52. The molecule has 0 aliphatic heterocycles. The Bertz CT molecular complexity index is 125. The second-order valence-electron chi connectivity index (χ2n) is 1.42. The van der Waals surface area contributed by atoms with Crippen LogP contribution in [0.2, 0.25) is 0 Å². The minimum absolute atomic E-state index is 0.322. The van der Waals surface area contributed by atoms with E-state index in [1.54, 1.807) is 6.07 Å². The molecule has 8 heavy (non-hydrogen) atoms. The summed E-state index contributed by atoms with van der Waals surface area (Å²) >= 11 is 0. The Hall–Kier alpha value is -0.910. The lowest BCUT2D eigenvalue weighted by Gasteiger charge is -1.90. The monoisotopic (exact) mass is 115 g/mol. The van der Waals surface area contributed by atoms with Crippen molar-refractivity contribution in [3.8, 4) is 6.07 Å². The SMILES string of the molecule is CC(F)C(=O)CC#N. The van der Waals surface area contributed by atoms with Crippen molar-refractivity contribution < 1.29 is 9.18 Å². The van der Waals surface area contributed by atoms with E-state index in [1.165, 1.54) is 0 Å². The Kier molecular flexibility index (Phi) is 2.78. The van der Waals surface area contributed by atoms with Crippen molar-refractivity contribution in [2.75, 3.05) is 0 Å². The topological polar surface area (TPSA) is 40.9 Å². The molecule has 1 unspecified atom stereocenters. The first-order chi connectivity index (χ1) is 3.68. The number of hydrogen-bond donors (Lipinski definition) is 0. The zero-order valence-electron chi connectivity index (χ0n) is 4.52. The Morgan fingerprint density at radius 1 is 2.00 bits per heavy atom. The summed E-state index contributed by atoms with van der Waals surface area (Å²) in [5.41, 5.74) is 0. The lowest BCUT2D eigenvalue weighted by Crippen LogP contribution is -2.09. The molecule has 0 aromatic heterocycles. The third-order valence-electron chi connectivity index (χ3n) is 0.697. The van der Waals surface area contributed by atoms with E-state index in [-0.39, 0.29) is 6.42 Å². The minimum atomic E-state index is -1.49. The molecule has 1 atom stereocenters. The smallest absolute Gasteiger partial charge is 0.180 e. The van der Waals surface area contributed by atoms with Gasteiger partial charge in [0.15, 0.2) is 12.0 Å². The molecule has 0 heterocycles. The van der Waals surface area contributed by atoms with Crippen LogP contribution in [0.3, 0.4) is 0 Å². The van der Waals surface area contributed by atoms with Gasteiger partial charge in [0, 0.05) is 0 Å². The van der Waals surface area contributed by atoms with Crippen LogP contribution in [0.5, 0.6) is 0 Å². The molecule has 0 bridgehead atoms. The molecule has 0 N–H and O–H groups in total. The number of rotatable bonds is 2. The molecule has 3 heteroatoms. The zero-order chi connectivity index (χ0) is 6.57. The molecule has 0 amide bonds. The molecule has 0 saturated heterocycles. The molecule has 0 radical (unpaired) electrons. The van der Waals surface area contributed by atoms with E-state index in [0.717, 1.165) is 6.92 Å². The maximum atomic E-state index is 11.8. The first-order valence-corrected chi connectivity index (χ1v) is 2.22. The van der Waals surface area contributed by atoms with E-state index >= 15 is 0 Å². The largest absolute Gasteiger partial charge is 0.295 e. The van der Waals surface area contributed by atoms with Crippen molar-refractivity contribution in [2.24, 2.45) is 0 Å². The summed E-state index contributed by atoms with van der Waals surface area (Å²) in [7, 11) is 0. The van der Waals surface area contributed by atoms with Crippen molar-refractivity contribution in [1.29, 1.82) is 5.26 Å². The van der Waals surface area contributed by atoms with Gasteiger partial charge in [0.1, 0.15) is 0 Å². The van der Waals surface area contributed by atoms with Crippen molar-refractivity contribution in [3.63, 3.8) is 0 Å². The molecule has 0 rings (SSSR count). The fourth-order valence-corrected chi connectivity index (χ4v) is 0.219. The fourth-order valence-electron chi connectivity index (χ4n) is 0.219. The van der Waals surface area contributed by atoms with Gasteiger partial charge in [0.2, 0.25) is 0 Å². The van der Waals surface area contributed by atoms with E-state index in [2.05, 4.69) is 0 Å². The lowest BCUT2D eigenvalue weighted by atomic mass is 10.2. The summed E-state index contributed by atoms with van der Waals surface area (Å²) < 4.78 is 11.8. The summed E-state index contributed by atoms with van der Waals surface area (Å²) in [6.07, 6.45) is -1.81. The van der Waals surface area contributed by atoms with Gasteiger partial charge in [-0.15, -0.1) is 0 Å². The van der Waals surface area contributed by atoms with Gasteiger partial charge in [0.25, 0.3) is 0 Å². The number of carbonyl (C=O) groups is 1. The van der Waals surface area contributed by atoms with Gasteiger partial charge in [-0.05, 0) is 6.92 Å². The van der Waals surface area contributed by atoms with Crippen LogP contribution in [0.25, 0.3) is 0 Å². The van der Waals surface area contributed by atoms with Gasteiger partial charge in [-0.3, -0.25) is 4.79 Å². The molecule has 2 nitrogen and oxygen atoms in total. The maximum absolute atomic E-state index is 11.8. The number of hydrogen-bond acceptors (Lipinski definition) is 2. The summed E-state index contributed by atoms with van der Waals surface area (Å²) in [5.74, 6) is -0.646. The van der Waals surface area contributed by atoms with Crippen LogP contribution in [-0.4, -0.2) is 12.0 Å². The van der Waals surface area contributed by atoms with Crippen LogP contribution in [0.15, 0.2) is 0 Å². The van der Waals surface area contributed by atoms with E-state index in [4.69, 9.17) is 5.26 Å². The Morgan fingerprint density at radius 2 is 2.50 bits per heavy atom. The second kappa shape index (κ2) is 3.14. The van der Waals surface area contributed by atoms with Gasteiger partial charge >= 0.3 is 0 Å². The Balaban J connectivity index is 3.53. The van der Waals surface area contributed by atoms with Crippen molar-refractivity contribution in [3.05, 3.63) is 0 Å². The van der Waals surface area contributed by atoms with E-state index in [0.29, 0.717) is 0 Å². The molecule has 0 fully saturated rings. The van der Waals surface area contributed by atoms with Crippen molar-refractivity contribution in [1.82, 2.24) is 0 Å². The summed E-state index contributed by atoms with van der Waals surface area (Å²) in [4.78, 5) is 10.1. The van der Waals surface area contributed by atoms with Gasteiger partial charge in [-0.1, -0.05) is 0 Å². The third-order valence-corrected chi connectivity index (χ3v) is 0.697. The molecular formula is C5H6FNO. The average molecular weight is 115 g/mol. The number of nitriles is 1. The highest BCUT2D eigenvalue weighted by Gasteiger charge is 2.08. The van der Waals surface area contributed by atoms with Crippen LogP contribution >= 0.6 is 0 Å². The molecule has 0 aliphatic carbocycles. The van der Waals surface area contributed by atoms with Crippen LogP contribution in [0, 0.1) is 11.3 Å². The van der Waals surface area contributed by atoms with Crippen LogP contribution in [0.4, 0.5) is 4.39 Å². The molecule has 0 saturated carbocycles. The molecule has 0 spiro atoms. The fraction of sp³-hybridized carbons (Fsp3) is 0.600. The Labute approximate surface area is 46.9 Å². The number of halogens is 1. The normalized spacial score (nSPS) is 12.1. The van der Waals surface area contributed by atoms with Gasteiger partial charge in [-0.2, -0.15) is 5.26 Å². The summed E-state index contributed by atoms with van der Waals surface area (Å²) in [5, 5.41) is 7.85. The van der Waals surface area contributed by atoms with Crippen molar-refractivity contribution in [2.45, 2.75) is 19.5 Å². The van der Waals surface area contributed by atoms with Gasteiger partial charge in [0.05, 0.1) is 12.5 Å². The molecule has 0 aromatic rings. The highest BCUT2D eigenvalue weighted by Crippen LogP contribution is 1.92. The number of alkyl halides is 1. The van der Waals surface area contributed by atoms with Crippen LogP contribution in [0.1, 0.15) is 13.3 Å². The maximum Gasteiger partial charge on any atom is 0.180 e. The first kappa shape index (κ1) is 7.09. The number of ketones is 1. The summed E-state index contributed by atoms with van der Waals surface area (Å²) in [6, 6.07) is 1.56. The highest BCUT2D eigenvalue weighted by atomic mass is 19.1. The van der Waals surface area contributed by atoms with Crippen LogP contribution in [-0.2, 0) is 4.79 Å². The standard InChI is InChI=1S/C5H6FNO/c1-4(6)5(8)2-3-7/h4H,2H2,1H3. The molecular weight excluding hydrogens is 109 g/mol. The number of carbonyl (C=O) groups excluding carboxylic acids is 1. The van der Waals surface area contributed by atoms with E-state index < -0.39 is 12.0 Å². The predicted molar refractivity (Wildman–Crippen MR) is 25.8 cm³/mol. The number of nitrogens with zero attached hydrogens (tertiary/aromatic N) is 1. The minimum Gasteiger partial charge on any atom is -0.295 e. The van der Waals surface area contributed by atoms with Crippen LogP contribution < -0.4 is 0 Å². The predicted octanol–water partition coefficient (Wildman–Crippen LogP) is 0.827. The summed E-state index contributed by atoms with van der Waals surface area (Å²) in [6.45, 7) is 1.12. The lowest BCUT2D eigenvalue weighted by molar-refractivity contribution is -0.122. The molecule has 0 aromatic carbocycles. The Morgan fingerprint density at radius 3 is 2.62 bits per heavy atom. The highest BCUT2D eigenvalue weighted by molar-refractivity contribution is 5.84. The average Bonchev–Trinajstić information content (AvgIpc) is 1.67. The van der Waals surface area contributed by atoms with E-state index in [9.17, 15) is 9.18 Å². The van der Waals surface area contributed by atoms with Gasteiger partial charge in [-0.25, -0.2) is 4.39 Å². The molecule has 0 aliphatic rings. The third kappa shape index (κ3) is 2.30. The van der Waals surface area contributed by atoms with Crippen molar-refractivity contribution >= 4 is 5.78 Å². The first-order valence-electron chi connectivity index (χ1n) is 2.22. The second-order valence-corrected chi connectivity index (χ2v) is 1.42. The van der Waals surface area contributed by atoms with Gasteiger partial charge < -0.3 is 0 Å².